The van der Waals surface area contributed by atoms with Gasteiger partial charge in [-0.1, -0.05) is 24.2 Å². The molecule has 0 bridgehead atoms. The van der Waals surface area contributed by atoms with E-state index in [9.17, 15) is 9.59 Å². The zero-order valence-electron chi connectivity index (χ0n) is 18.9. The molecule has 3 rings (SSSR count). The Bertz CT molecular complexity index is 1060. The zero-order valence-corrected chi connectivity index (χ0v) is 18.9. The summed E-state index contributed by atoms with van der Waals surface area (Å²) in [5.74, 6) is 0.777. The number of hydrogen-bond acceptors (Lipinski definition) is 5. The van der Waals surface area contributed by atoms with Gasteiger partial charge in [0.15, 0.2) is 5.82 Å². The van der Waals surface area contributed by atoms with Crippen LogP contribution in [0.25, 0.3) is 11.5 Å². The summed E-state index contributed by atoms with van der Waals surface area (Å²) < 4.78 is 5.35. The average Bonchev–Trinajstić information content (AvgIpc) is 3.26. The SMILES string of the molecule is CC[C@@H](C)NC(=O)c1ccc(-c2nc(CCN(C)C(=O)Nc3cccc(C)c3)no2)cc1. The molecule has 8 heteroatoms. The summed E-state index contributed by atoms with van der Waals surface area (Å²) in [6, 6.07) is 14.6. The summed E-state index contributed by atoms with van der Waals surface area (Å²) in [7, 11) is 1.72. The number of amides is 3. The number of urea groups is 1. The van der Waals surface area contributed by atoms with Gasteiger partial charge in [-0.2, -0.15) is 4.98 Å². The summed E-state index contributed by atoms with van der Waals surface area (Å²) in [5, 5.41) is 9.81. The van der Waals surface area contributed by atoms with Crippen molar-refractivity contribution in [3.8, 4) is 11.5 Å². The molecule has 1 heterocycles. The quantitative estimate of drug-likeness (QED) is 0.550. The molecule has 1 aromatic heterocycles. The second kappa shape index (κ2) is 10.6. The fourth-order valence-corrected chi connectivity index (χ4v) is 2.96. The molecule has 2 N–H and O–H groups in total. The van der Waals surface area contributed by atoms with E-state index in [1.54, 1.807) is 36.2 Å². The first-order valence-corrected chi connectivity index (χ1v) is 10.7. The molecular formula is C24H29N5O3. The third kappa shape index (κ3) is 6.16. The largest absolute Gasteiger partial charge is 0.350 e. The van der Waals surface area contributed by atoms with Crippen molar-refractivity contribution in [1.29, 1.82) is 0 Å². The van der Waals surface area contributed by atoms with E-state index in [2.05, 4.69) is 20.8 Å². The van der Waals surface area contributed by atoms with E-state index in [-0.39, 0.29) is 18.0 Å². The molecule has 32 heavy (non-hydrogen) atoms. The molecule has 0 spiro atoms. The topological polar surface area (TPSA) is 100 Å². The van der Waals surface area contributed by atoms with E-state index in [4.69, 9.17) is 4.52 Å². The van der Waals surface area contributed by atoms with Gasteiger partial charge in [-0.15, -0.1) is 0 Å². The molecule has 0 aliphatic rings. The van der Waals surface area contributed by atoms with E-state index in [1.165, 1.54) is 0 Å². The minimum Gasteiger partial charge on any atom is -0.350 e. The van der Waals surface area contributed by atoms with Crippen molar-refractivity contribution in [2.24, 2.45) is 0 Å². The van der Waals surface area contributed by atoms with Crippen LogP contribution < -0.4 is 10.6 Å². The maximum atomic E-state index is 12.4. The van der Waals surface area contributed by atoms with Crippen LogP contribution in [0.4, 0.5) is 10.5 Å². The Morgan fingerprint density at radius 3 is 2.59 bits per heavy atom. The van der Waals surface area contributed by atoms with Crippen LogP contribution in [0.15, 0.2) is 53.1 Å². The molecule has 2 aromatic carbocycles. The first-order chi connectivity index (χ1) is 15.4. The normalized spacial score (nSPS) is 11.6. The number of aromatic nitrogens is 2. The molecule has 0 aliphatic carbocycles. The average molecular weight is 436 g/mol. The van der Waals surface area contributed by atoms with E-state index in [1.807, 2.05) is 45.0 Å². The van der Waals surface area contributed by atoms with Crippen LogP contribution in [-0.2, 0) is 6.42 Å². The molecule has 3 amide bonds. The Morgan fingerprint density at radius 1 is 1.16 bits per heavy atom. The summed E-state index contributed by atoms with van der Waals surface area (Å²) in [6.45, 7) is 6.40. The number of likely N-dealkylation sites (N-methyl/N-ethyl adjacent to an activating group) is 1. The van der Waals surface area contributed by atoms with E-state index >= 15 is 0 Å². The molecule has 8 nitrogen and oxygen atoms in total. The van der Waals surface area contributed by atoms with Gasteiger partial charge < -0.3 is 20.1 Å². The van der Waals surface area contributed by atoms with Crippen LogP contribution >= 0.6 is 0 Å². The van der Waals surface area contributed by atoms with Gasteiger partial charge in [0.05, 0.1) is 0 Å². The molecule has 0 saturated heterocycles. The zero-order chi connectivity index (χ0) is 23.1. The predicted octanol–water partition coefficient (Wildman–Crippen LogP) is 4.28. The predicted molar refractivity (Wildman–Crippen MR) is 123 cm³/mol. The molecule has 0 aliphatic heterocycles. The van der Waals surface area contributed by atoms with Gasteiger partial charge in [0, 0.05) is 42.9 Å². The Morgan fingerprint density at radius 2 is 1.91 bits per heavy atom. The lowest BCUT2D eigenvalue weighted by atomic mass is 10.1. The van der Waals surface area contributed by atoms with Gasteiger partial charge in [0.2, 0.25) is 0 Å². The summed E-state index contributed by atoms with van der Waals surface area (Å²) in [6.07, 6.45) is 1.33. The first kappa shape index (κ1) is 23.0. The number of nitrogens with zero attached hydrogens (tertiary/aromatic N) is 3. The lowest BCUT2D eigenvalue weighted by Gasteiger charge is -2.17. The van der Waals surface area contributed by atoms with E-state index < -0.39 is 0 Å². The fraction of sp³-hybridized carbons (Fsp3) is 0.333. The number of rotatable bonds is 8. The van der Waals surface area contributed by atoms with Crippen LogP contribution in [0, 0.1) is 6.92 Å². The van der Waals surface area contributed by atoms with Crippen molar-refractivity contribution < 1.29 is 14.1 Å². The van der Waals surface area contributed by atoms with Crippen molar-refractivity contribution in [1.82, 2.24) is 20.4 Å². The molecule has 3 aromatic rings. The summed E-state index contributed by atoms with van der Waals surface area (Å²) >= 11 is 0. The van der Waals surface area contributed by atoms with Crippen LogP contribution in [-0.4, -0.2) is 46.6 Å². The Balaban J connectivity index is 1.54. The molecular weight excluding hydrogens is 406 g/mol. The maximum absolute atomic E-state index is 12.4. The monoisotopic (exact) mass is 435 g/mol. The van der Waals surface area contributed by atoms with Gasteiger partial charge in [0.1, 0.15) is 0 Å². The number of carbonyl (C=O) groups excluding carboxylic acids is 2. The van der Waals surface area contributed by atoms with E-state index in [0.29, 0.717) is 30.2 Å². The smallest absolute Gasteiger partial charge is 0.321 e. The van der Waals surface area contributed by atoms with Crippen LogP contribution in [0.3, 0.4) is 0 Å². The van der Waals surface area contributed by atoms with Crippen molar-refractivity contribution in [3.63, 3.8) is 0 Å². The van der Waals surface area contributed by atoms with Gasteiger partial charge in [-0.05, 0) is 62.2 Å². The Hall–Kier alpha value is -3.68. The number of hydrogen-bond donors (Lipinski definition) is 2. The highest BCUT2D eigenvalue weighted by Crippen LogP contribution is 2.18. The highest BCUT2D eigenvalue weighted by Gasteiger charge is 2.14. The third-order valence-electron chi connectivity index (χ3n) is 5.14. The third-order valence-corrected chi connectivity index (χ3v) is 5.14. The van der Waals surface area contributed by atoms with Gasteiger partial charge in [-0.3, -0.25) is 4.79 Å². The van der Waals surface area contributed by atoms with Crippen molar-refractivity contribution >= 4 is 17.6 Å². The molecule has 1 atom stereocenters. The number of carbonyl (C=O) groups is 2. The van der Waals surface area contributed by atoms with Crippen molar-refractivity contribution in [2.75, 3.05) is 18.9 Å². The highest BCUT2D eigenvalue weighted by atomic mass is 16.5. The number of benzene rings is 2. The standard InChI is InChI=1S/C24H29N5O3/c1-5-17(3)25-22(30)18-9-11-19(12-10-18)23-27-21(28-32-23)13-14-29(4)24(31)26-20-8-6-7-16(2)15-20/h6-12,15,17H,5,13-14H2,1-4H3,(H,25,30)(H,26,31)/t17-/m1/s1. The van der Waals surface area contributed by atoms with Crippen LogP contribution in [0.5, 0.6) is 0 Å². The molecule has 0 radical (unpaired) electrons. The minimum absolute atomic E-state index is 0.107. The molecule has 0 saturated carbocycles. The summed E-state index contributed by atoms with van der Waals surface area (Å²) in [4.78, 5) is 30.5. The van der Waals surface area contributed by atoms with Gasteiger partial charge in [0.25, 0.3) is 11.8 Å². The van der Waals surface area contributed by atoms with Gasteiger partial charge >= 0.3 is 6.03 Å². The lowest BCUT2D eigenvalue weighted by Crippen LogP contribution is -2.33. The molecule has 0 unspecified atom stereocenters. The first-order valence-electron chi connectivity index (χ1n) is 10.7. The Labute approximate surface area is 188 Å². The van der Waals surface area contributed by atoms with Crippen LogP contribution in [0.1, 0.15) is 42.0 Å². The molecule has 168 valence electrons. The summed E-state index contributed by atoms with van der Waals surface area (Å²) in [5.41, 5.74) is 3.14. The minimum atomic E-state index is -0.203. The molecule has 0 fully saturated rings. The maximum Gasteiger partial charge on any atom is 0.321 e. The fourth-order valence-electron chi connectivity index (χ4n) is 2.96. The van der Waals surface area contributed by atoms with Crippen molar-refractivity contribution in [3.05, 3.63) is 65.5 Å². The Kier molecular flexibility index (Phi) is 7.59. The highest BCUT2D eigenvalue weighted by molar-refractivity contribution is 5.94. The lowest BCUT2D eigenvalue weighted by molar-refractivity contribution is 0.0939. The van der Waals surface area contributed by atoms with E-state index in [0.717, 1.165) is 23.2 Å². The number of anilines is 1. The number of aryl methyl sites for hydroxylation is 1. The second-order valence-corrected chi connectivity index (χ2v) is 7.85. The number of nitrogens with one attached hydrogen (secondary N) is 2. The second-order valence-electron chi connectivity index (χ2n) is 7.85. The van der Waals surface area contributed by atoms with Crippen LogP contribution in [0.2, 0.25) is 0 Å². The van der Waals surface area contributed by atoms with Crippen molar-refractivity contribution in [2.45, 2.75) is 39.7 Å². The van der Waals surface area contributed by atoms with Gasteiger partial charge in [-0.25, -0.2) is 4.79 Å².